The molecule has 0 radical (unpaired) electrons. The van der Waals surface area contributed by atoms with Crippen LogP contribution in [0.25, 0.3) is 0 Å². The van der Waals surface area contributed by atoms with Crippen LogP contribution < -0.4 is 11.1 Å². The summed E-state index contributed by atoms with van der Waals surface area (Å²) in [6, 6.07) is 6.02. The minimum absolute atomic E-state index is 0.0449. The molecule has 0 heterocycles. The highest BCUT2D eigenvalue weighted by Gasteiger charge is 2.58. The molecule has 0 aliphatic heterocycles. The van der Waals surface area contributed by atoms with Gasteiger partial charge in [-0.2, -0.15) is 22.0 Å². The third-order valence-corrected chi connectivity index (χ3v) is 3.34. The standard InChI is InChI=1S/C16H10F6N2O2/c17-12-7-9(15(18,19)16(20,21)22)4-5-11(12)14(26)24-10-3-1-2-8(6-10)13(23)25/h1-7H,(H2,23,25)(H,24,26). The lowest BCUT2D eigenvalue weighted by Gasteiger charge is -2.20. The average Bonchev–Trinajstić information content (AvgIpc) is 2.53. The summed E-state index contributed by atoms with van der Waals surface area (Å²) in [5.41, 5.74) is 2.78. The third kappa shape index (κ3) is 3.79. The fourth-order valence-electron chi connectivity index (χ4n) is 2.01. The van der Waals surface area contributed by atoms with E-state index in [1.165, 1.54) is 24.3 Å². The highest BCUT2D eigenvalue weighted by molar-refractivity contribution is 6.05. The Balaban J connectivity index is 2.28. The van der Waals surface area contributed by atoms with Crippen molar-refractivity contribution in [3.05, 3.63) is 65.0 Å². The zero-order chi connectivity index (χ0) is 19.7. The van der Waals surface area contributed by atoms with E-state index in [0.29, 0.717) is 12.1 Å². The smallest absolute Gasteiger partial charge is 0.366 e. The normalized spacial score (nSPS) is 11.9. The van der Waals surface area contributed by atoms with E-state index in [1.54, 1.807) is 0 Å². The van der Waals surface area contributed by atoms with Crippen LogP contribution in [0.5, 0.6) is 0 Å². The summed E-state index contributed by atoms with van der Waals surface area (Å²) >= 11 is 0. The molecule has 0 saturated heterocycles. The summed E-state index contributed by atoms with van der Waals surface area (Å²) in [5, 5.41) is 2.19. The van der Waals surface area contributed by atoms with Gasteiger partial charge in [-0.05, 0) is 30.3 Å². The molecule has 3 N–H and O–H groups in total. The Morgan fingerprint density at radius 1 is 0.962 bits per heavy atom. The van der Waals surface area contributed by atoms with E-state index in [4.69, 9.17) is 5.73 Å². The van der Waals surface area contributed by atoms with E-state index in [9.17, 15) is 35.9 Å². The SMILES string of the molecule is NC(=O)c1cccc(NC(=O)c2ccc(C(F)(F)C(F)(F)F)cc2F)c1. The van der Waals surface area contributed by atoms with Gasteiger partial charge in [0.1, 0.15) is 5.82 Å². The molecule has 0 aromatic heterocycles. The number of halogens is 6. The van der Waals surface area contributed by atoms with Gasteiger partial charge in [-0.15, -0.1) is 0 Å². The molecule has 26 heavy (non-hydrogen) atoms. The number of hydrogen-bond donors (Lipinski definition) is 2. The van der Waals surface area contributed by atoms with Crippen molar-refractivity contribution in [1.82, 2.24) is 0 Å². The van der Waals surface area contributed by atoms with Gasteiger partial charge in [-0.1, -0.05) is 12.1 Å². The van der Waals surface area contributed by atoms with Gasteiger partial charge < -0.3 is 11.1 Å². The van der Waals surface area contributed by atoms with Gasteiger partial charge >= 0.3 is 12.1 Å². The highest BCUT2D eigenvalue weighted by Crippen LogP contribution is 2.44. The summed E-state index contributed by atoms with van der Waals surface area (Å²) in [7, 11) is 0. The van der Waals surface area contributed by atoms with Crippen molar-refractivity contribution < 1.29 is 35.9 Å². The summed E-state index contributed by atoms with van der Waals surface area (Å²) in [5.74, 6) is -8.72. The highest BCUT2D eigenvalue weighted by atomic mass is 19.4. The molecule has 10 heteroatoms. The van der Waals surface area contributed by atoms with Crippen molar-refractivity contribution in [2.75, 3.05) is 5.32 Å². The Morgan fingerprint density at radius 2 is 1.62 bits per heavy atom. The first-order valence-electron chi connectivity index (χ1n) is 6.89. The fourth-order valence-corrected chi connectivity index (χ4v) is 2.01. The molecule has 0 aliphatic carbocycles. The summed E-state index contributed by atoms with van der Waals surface area (Å²) in [6.45, 7) is 0. The fraction of sp³-hybridized carbons (Fsp3) is 0.125. The van der Waals surface area contributed by atoms with Gasteiger partial charge in [-0.3, -0.25) is 9.59 Å². The number of benzene rings is 2. The largest absolute Gasteiger partial charge is 0.458 e. The van der Waals surface area contributed by atoms with Crippen molar-refractivity contribution in [1.29, 1.82) is 0 Å². The summed E-state index contributed by atoms with van der Waals surface area (Å²) in [4.78, 5) is 23.1. The van der Waals surface area contributed by atoms with Gasteiger partial charge in [0.15, 0.2) is 0 Å². The molecule has 0 bridgehead atoms. The number of carbonyl (C=O) groups is 2. The lowest BCUT2D eigenvalue weighted by molar-refractivity contribution is -0.289. The minimum atomic E-state index is -5.90. The van der Waals surface area contributed by atoms with Crippen molar-refractivity contribution in [3.63, 3.8) is 0 Å². The molecule has 0 unspecified atom stereocenters. The maximum Gasteiger partial charge on any atom is 0.458 e. The second-order valence-electron chi connectivity index (χ2n) is 5.17. The van der Waals surface area contributed by atoms with Crippen molar-refractivity contribution in [2.45, 2.75) is 12.1 Å². The molecule has 2 rings (SSSR count). The van der Waals surface area contributed by atoms with Crippen molar-refractivity contribution >= 4 is 17.5 Å². The Morgan fingerprint density at radius 3 is 2.15 bits per heavy atom. The number of alkyl halides is 5. The number of hydrogen-bond acceptors (Lipinski definition) is 2. The molecule has 2 amide bonds. The van der Waals surface area contributed by atoms with Gasteiger partial charge in [0.05, 0.1) is 5.56 Å². The number of anilines is 1. The van der Waals surface area contributed by atoms with Crippen LogP contribution >= 0.6 is 0 Å². The van der Waals surface area contributed by atoms with Crippen LogP contribution in [0.3, 0.4) is 0 Å². The number of nitrogens with two attached hydrogens (primary N) is 1. The second kappa shape index (κ2) is 6.70. The first-order valence-corrected chi connectivity index (χ1v) is 6.89. The Labute approximate surface area is 142 Å². The second-order valence-corrected chi connectivity index (χ2v) is 5.17. The number of nitrogens with one attached hydrogen (secondary N) is 1. The number of amides is 2. The molecule has 0 fully saturated rings. The van der Waals surface area contributed by atoms with Crippen LogP contribution in [-0.4, -0.2) is 18.0 Å². The van der Waals surface area contributed by atoms with Crippen LogP contribution in [-0.2, 0) is 5.92 Å². The summed E-state index contributed by atoms with van der Waals surface area (Å²) < 4.78 is 77.2. The lowest BCUT2D eigenvalue weighted by Crippen LogP contribution is -2.33. The summed E-state index contributed by atoms with van der Waals surface area (Å²) in [6.07, 6.45) is -5.90. The predicted molar refractivity (Wildman–Crippen MR) is 79.3 cm³/mol. The van der Waals surface area contributed by atoms with Crippen molar-refractivity contribution in [3.8, 4) is 0 Å². The predicted octanol–water partition coefficient (Wildman–Crippen LogP) is 3.83. The van der Waals surface area contributed by atoms with Gasteiger partial charge in [0.25, 0.3) is 5.91 Å². The molecular weight excluding hydrogens is 366 g/mol. The zero-order valence-corrected chi connectivity index (χ0v) is 12.7. The topological polar surface area (TPSA) is 72.2 Å². The molecule has 0 saturated carbocycles. The van der Waals surface area contributed by atoms with Crippen LogP contribution in [0.1, 0.15) is 26.3 Å². The molecule has 0 spiro atoms. The average molecular weight is 376 g/mol. The van der Waals surface area contributed by atoms with Crippen LogP contribution in [0.4, 0.5) is 32.0 Å². The maximum atomic E-state index is 13.9. The van der Waals surface area contributed by atoms with E-state index in [2.05, 4.69) is 5.32 Å². The van der Waals surface area contributed by atoms with Crippen LogP contribution in [0, 0.1) is 5.82 Å². The quantitative estimate of drug-likeness (QED) is 0.796. The minimum Gasteiger partial charge on any atom is -0.366 e. The van der Waals surface area contributed by atoms with Crippen molar-refractivity contribution in [2.24, 2.45) is 5.73 Å². The van der Waals surface area contributed by atoms with E-state index in [-0.39, 0.29) is 17.3 Å². The first kappa shape index (κ1) is 19.3. The molecule has 138 valence electrons. The Hall–Kier alpha value is -3.04. The van der Waals surface area contributed by atoms with E-state index < -0.39 is 40.9 Å². The first-order chi connectivity index (χ1) is 11.9. The van der Waals surface area contributed by atoms with Crippen LogP contribution in [0.2, 0.25) is 0 Å². The molecule has 2 aromatic rings. The van der Waals surface area contributed by atoms with E-state index >= 15 is 0 Å². The van der Waals surface area contributed by atoms with Crippen LogP contribution in [0.15, 0.2) is 42.5 Å². The molecule has 0 aliphatic rings. The Kier molecular flexibility index (Phi) is 4.97. The lowest BCUT2D eigenvalue weighted by atomic mass is 10.0. The molecule has 0 atom stereocenters. The zero-order valence-electron chi connectivity index (χ0n) is 12.7. The molecule has 4 nitrogen and oxygen atoms in total. The molecule has 2 aromatic carbocycles. The number of primary amides is 1. The van der Waals surface area contributed by atoms with Gasteiger partial charge in [0, 0.05) is 16.8 Å². The van der Waals surface area contributed by atoms with Gasteiger partial charge in [-0.25, -0.2) is 4.39 Å². The number of rotatable bonds is 4. The number of carbonyl (C=O) groups excluding carboxylic acids is 2. The maximum absolute atomic E-state index is 13.9. The Bertz CT molecular complexity index is 864. The third-order valence-electron chi connectivity index (χ3n) is 3.34. The monoisotopic (exact) mass is 376 g/mol. The van der Waals surface area contributed by atoms with Gasteiger partial charge in [0.2, 0.25) is 5.91 Å². The van der Waals surface area contributed by atoms with E-state index in [0.717, 1.165) is 0 Å². The van der Waals surface area contributed by atoms with E-state index in [1.807, 2.05) is 0 Å². The molecular formula is C16H10F6N2O2.